The van der Waals surface area contributed by atoms with Crippen molar-refractivity contribution in [1.29, 1.82) is 0 Å². The number of nitrogens with one attached hydrogen (secondary N) is 3. The Morgan fingerprint density at radius 1 is 0.712 bits per heavy atom. The number of rotatable bonds is 28. The van der Waals surface area contributed by atoms with Crippen LogP contribution >= 0.6 is 0 Å². The number of carboxylic acids is 1. The number of carboxylic acid groups (broad SMARTS) is 1. The van der Waals surface area contributed by atoms with E-state index in [4.69, 9.17) is 40.0 Å². The number of alkyl carbamates (subject to hydrolysis) is 1. The largest absolute Gasteiger partial charge is 0.481 e. The summed E-state index contributed by atoms with van der Waals surface area (Å²) in [6.07, 6.45) is 6.11. The summed E-state index contributed by atoms with van der Waals surface area (Å²) in [4.78, 5) is 48.6. The predicted octanol–water partition coefficient (Wildman–Crippen LogP) is 2.88. The van der Waals surface area contributed by atoms with Crippen LogP contribution in [0.4, 0.5) is 4.79 Å². The molecule has 1 aliphatic rings. The van der Waals surface area contributed by atoms with Crippen LogP contribution in [0.2, 0.25) is 0 Å². The van der Waals surface area contributed by atoms with E-state index in [2.05, 4.69) is 46.1 Å². The third-order valence-electron chi connectivity index (χ3n) is 7.97. The first kappa shape index (κ1) is 41.9. The third kappa shape index (κ3) is 16.2. The second kappa shape index (κ2) is 25.4. The molecule has 2 aromatic rings. The monoisotopic (exact) mass is 725 g/mol. The van der Waals surface area contributed by atoms with Gasteiger partial charge in [0.15, 0.2) is 0 Å². The molecule has 284 valence electrons. The maximum atomic E-state index is 13.0. The highest BCUT2D eigenvalue weighted by Crippen LogP contribution is 2.44. The van der Waals surface area contributed by atoms with E-state index in [1.807, 2.05) is 24.3 Å². The van der Waals surface area contributed by atoms with Crippen LogP contribution in [0.5, 0.6) is 0 Å². The summed E-state index contributed by atoms with van der Waals surface area (Å²) in [5.41, 5.74) is 4.59. The Balaban J connectivity index is 1.34. The van der Waals surface area contributed by atoms with Crippen molar-refractivity contribution in [3.63, 3.8) is 0 Å². The average molecular weight is 726 g/mol. The second-order valence-electron chi connectivity index (χ2n) is 11.8. The van der Waals surface area contributed by atoms with Gasteiger partial charge in [0.2, 0.25) is 11.8 Å². The molecule has 0 spiro atoms. The molecule has 0 unspecified atom stereocenters. The van der Waals surface area contributed by atoms with Gasteiger partial charge in [0.1, 0.15) is 19.3 Å². The van der Waals surface area contributed by atoms with Gasteiger partial charge in [-0.3, -0.25) is 14.4 Å². The van der Waals surface area contributed by atoms with Crippen LogP contribution < -0.4 is 16.0 Å². The summed E-state index contributed by atoms with van der Waals surface area (Å²) >= 11 is 0. The van der Waals surface area contributed by atoms with E-state index in [0.717, 1.165) is 22.3 Å². The molecule has 0 aliphatic heterocycles. The molecule has 3 amide bonds. The van der Waals surface area contributed by atoms with Crippen LogP contribution in [0.15, 0.2) is 48.5 Å². The van der Waals surface area contributed by atoms with Crippen LogP contribution in [-0.4, -0.2) is 121 Å². The first-order valence-corrected chi connectivity index (χ1v) is 17.6. The number of amides is 3. The smallest absolute Gasteiger partial charge is 0.407 e. The molecule has 2 aromatic carbocycles. The minimum Gasteiger partial charge on any atom is -0.481 e. The maximum absolute atomic E-state index is 13.0. The van der Waals surface area contributed by atoms with Crippen molar-refractivity contribution in [2.45, 2.75) is 44.1 Å². The summed E-state index contributed by atoms with van der Waals surface area (Å²) in [6.45, 7) is 3.34. The van der Waals surface area contributed by atoms with E-state index < -0.39 is 18.1 Å². The molecule has 52 heavy (non-hydrogen) atoms. The molecule has 4 N–H and O–H groups in total. The zero-order valence-electron chi connectivity index (χ0n) is 29.6. The normalized spacial score (nSPS) is 12.3. The topological polar surface area (TPSA) is 180 Å². The number of benzene rings is 2. The van der Waals surface area contributed by atoms with Crippen molar-refractivity contribution in [1.82, 2.24) is 16.0 Å². The average Bonchev–Trinajstić information content (AvgIpc) is 3.46. The van der Waals surface area contributed by atoms with Gasteiger partial charge in [-0.2, -0.15) is 0 Å². The number of unbranched alkanes of at least 4 members (excludes halogenated alkanes) is 1. The lowest BCUT2D eigenvalue weighted by Gasteiger charge is -2.19. The summed E-state index contributed by atoms with van der Waals surface area (Å²) in [5, 5.41) is 17.0. The van der Waals surface area contributed by atoms with Gasteiger partial charge < -0.3 is 49.5 Å². The van der Waals surface area contributed by atoms with E-state index in [1.54, 1.807) is 0 Å². The summed E-state index contributed by atoms with van der Waals surface area (Å²) in [5.74, 6) is 0.735. The lowest BCUT2D eigenvalue weighted by Crippen LogP contribution is -2.47. The van der Waals surface area contributed by atoms with Crippen molar-refractivity contribution in [3.05, 3.63) is 59.7 Å². The molecule has 1 atom stereocenters. The Morgan fingerprint density at radius 2 is 1.29 bits per heavy atom. The van der Waals surface area contributed by atoms with E-state index in [9.17, 15) is 19.2 Å². The third-order valence-corrected chi connectivity index (χ3v) is 7.97. The Morgan fingerprint density at radius 3 is 1.92 bits per heavy atom. The zero-order valence-corrected chi connectivity index (χ0v) is 29.6. The molecule has 0 aromatic heterocycles. The van der Waals surface area contributed by atoms with Crippen LogP contribution in [0.1, 0.15) is 49.1 Å². The minimum atomic E-state index is -0.917. The molecule has 1 aliphatic carbocycles. The molecule has 0 saturated heterocycles. The summed E-state index contributed by atoms with van der Waals surface area (Å²) in [6, 6.07) is 15.5. The van der Waals surface area contributed by atoms with Crippen LogP contribution in [-0.2, 0) is 42.8 Å². The number of aliphatic carboxylic acids is 1. The number of terminal acetylenes is 1. The Bertz CT molecular complexity index is 1390. The number of carbonyl (C=O) groups excluding carboxylic acids is 3. The first-order chi connectivity index (χ1) is 25.4. The van der Waals surface area contributed by atoms with Gasteiger partial charge >= 0.3 is 12.1 Å². The number of ether oxygens (including phenoxy) is 6. The molecule has 0 saturated carbocycles. The van der Waals surface area contributed by atoms with Gasteiger partial charge in [0.05, 0.1) is 65.9 Å². The fraction of sp³-hybridized carbons (Fsp3) is 0.526. The zero-order chi connectivity index (χ0) is 37.2. The van der Waals surface area contributed by atoms with Crippen molar-refractivity contribution in [2.75, 3.05) is 85.8 Å². The van der Waals surface area contributed by atoms with Gasteiger partial charge in [-0.25, -0.2) is 4.79 Å². The van der Waals surface area contributed by atoms with Crippen molar-refractivity contribution >= 4 is 23.9 Å². The van der Waals surface area contributed by atoms with E-state index >= 15 is 0 Å². The SMILES string of the molecule is C#CCOCCOCCC(=O)N[C@@H](CCCCNC(=O)OCC1c2ccccc2-c2ccccc21)C(=O)NCCOCCOCCOCCC(=O)O. The Hall–Kier alpha value is -4.52. The molecule has 0 bridgehead atoms. The second-order valence-corrected chi connectivity index (χ2v) is 11.8. The molecule has 3 rings (SSSR count). The van der Waals surface area contributed by atoms with Crippen LogP contribution in [0.3, 0.4) is 0 Å². The quantitative estimate of drug-likeness (QED) is 0.0749. The lowest BCUT2D eigenvalue weighted by atomic mass is 9.98. The molecule has 14 heteroatoms. The first-order valence-electron chi connectivity index (χ1n) is 17.6. The van der Waals surface area contributed by atoms with E-state index in [0.29, 0.717) is 58.8 Å². The number of hydrogen-bond acceptors (Lipinski definition) is 10. The van der Waals surface area contributed by atoms with Crippen molar-refractivity contribution < 1.29 is 52.7 Å². The van der Waals surface area contributed by atoms with Gasteiger partial charge in [-0.15, -0.1) is 6.42 Å². The highest BCUT2D eigenvalue weighted by atomic mass is 16.6. The van der Waals surface area contributed by atoms with E-state index in [1.165, 1.54) is 0 Å². The Kier molecular flexibility index (Phi) is 20.5. The predicted molar refractivity (Wildman–Crippen MR) is 192 cm³/mol. The van der Waals surface area contributed by atoms with E-state index in [-0.39, 0.29) is 76.8 Å². The number of hydrogen-bond donors (Lipinski definition) is 4. The van der Waals surface area contributed by atoms with Gasteiger partial charge in [-0.05, 0) is 41.5 Å². The summed E-state index contributed by atoms with van der Waals surface area (Å²) in [7, 11) is 0. The van der Waals surface area contributed by atoms with Gasteiger partial charge in [0.25, 0.3) is 0 Å². The standard InChI is InChI=1S/C38H51N3O11/c1-2-18-47-22-23-48-19-14-35(42)41-34(37(45)39-17-21-50-25-27-51-26-24-49-20-15-36(43)44)13-7-8-16-40-38(46)52-28-33-31-11-5-3-9-29(31)30-10-4-6-12-32(30)33/h1,3-6,9-12,33-34H,7-8,13-28H2,(H,39,45)(H,40,46)(H,41,42)(H,43,44)/t34-/m0/s1. The molecule has 0 radical (unpaired) electrons. The highest BCUT2D eigenvalue weighted by Gasteiger charge is 2.29. The lowest BCUT2D eigenvalue weighted by molar-refractivity contribution is -0.138. The highest BCUT2D eigenvalue weighted by molar-refractivity contribution is 5.87. The maximum Gasteiger partial charge on any atom is 0.407 e. The summed E-state index contributed by atoms with van der Waals surface area (Å²) < 4.78 is 32.1. The molecular weight excluding hydrogens is 674 g/mol. The molecule has 14 nitrogen and oxygen atoms in total. The fourth-order valence-electron chi connectivity index (χ4n) is 5.44. The molecule has 0 fully saturated rings. The van der Waals surface area contributed by atoms with Crippen molar-refractivity contribution in [3.8, 4) is 23.5 Å². The minimum absolute atomic E-state index is 0.0323. The fourth-order valence-corrected chi connectivity index (χ4v) is 5.44. The molecular formula is C38H51N3O11. The van der Waals surface area contributed by atoms with Crippen molar-refractivity contribution in [2.24, 2.45) is 0 Å². The van der Waals surface area contributed by atoms with Crippen LogP contribution in [0.25, 0.3) is 11.1 Å². The molecule has 0 heterocycles. The van der Waals surface area contributed by atoms with Crippen LogP contribution in [0, 0.1) is 12.3 Å². The number of fused-ring (bicyclic) bond motifs is 3. The number of carbonyl (C=O) groups is 4. The Labute approximate surface area is 305 Å². The van der Waals surface area contributed by atoms with Gasteiger partial charge in [0, 0.05) is 25.4 Å². The van der Waals surface area contributed by atoms with Gasteiger partial charge in [-0.1, -0.05) is 54.5 Å².